The van der Waals surface area contributed by atoms with Crippen molar-refractivity contribution in [1.82, 2.24) is 0 Å². The van der Waals surface area contributed by atoms with Crippen LogP contribution in [0.2, 0.25) is 0 Å². The number of Topliss-reactive ketones (excluding diaryl/α,β-unsaturated/α-hetero) is 1. The van der Waals surface area contributed by atoms with Gasteiger partial charge in [-0.05, 0) is 44.1 Å². The fourth-order valence-corrected chi connectivity index (χ4v) is 2.12. The Morgan fingerprint density at radius 2 is 2.36 bits per heavy atom. The molecule has 80 valence electrons. The van der Waals surface area contributed by atoms with Crippen molar-refractivity contribution < 1.29 is 9.53 Å². The Bertz CT molecular complexity index is 218. The third-order valence-corrected chi connectivity index (χ3v) is 2.91. The molecule has 1 saturated carbocycles. The minimum absolute atomic E-state index is 0.298. The summed E-state index contributed by atoms with van der Waals surface area (Å²) in [7, 11) is 1.70. The minimum atomic E-state index is 0.298. The SMILES string of the molecule is CO/C=C1\CCCCC1CCC(C)=O. The highest BCUT2D eigenvalue weighted by molar-refractivity contribution is 5.75. The van der Waals surface area contributed by atoms with E-state index in [2.05, 4.69) is 0 Å². The van der Waals surface area contributed by atoms with Crippen LogP contribution in [0.3, 0.4) is 0 Å². The molecule has 2 heteroatoms. The summed E-state index contributed by atoms with van der Waals surface area (Å²) in [6.07, 6.45) is 8.54. The second-order valence-corrected chi connectivity index (χ2v) is 4.11. The third kappa shape index (κ3) is 3.52. The molecule has 0 aromatic heterocycles. The molecule has 1 unspecified atom stereocenters. The Labute approximate surface area is 86.3 Å². The number of hydrogen-bond donors (Lipinski definition) is 0. The number of allylic oxidation sites excluding steroid dienone is 1. The van der Waals surface area contributed by atoms with Gasteiger partial charge < -0.3 is 9.53 Å². The predicted molar refractivity (Wildman–Crippen MR) is 57.0 cm³/mol. The van der Waals surface area contributed by atoms with Gasteiger partial charge in [-0.25, -0.2) is 0 Å². The van der Waals surface area contributed by atoms with Crippen molar-refractivity contribution >= 4 is 5.78 Å². The molecule has 0 amide bonds. The molecule has 0 heterocycles. The standard InChI is InChI=1S/C12H20O2/c1-10(13)7-8-11-5-3-4-6-12(11)9-14-2/h9,11H,3-8H2,1-2H3/b12-9+. The van der Waals surface area contributed by atoms with Gasteiger partial charge in [0.1, 0.15) is 5.78 Å². The van der Waals surface area contributed by atoms with Gasteiger partial charge in [-0.1, -0.05) is 6.42 Å². The first-order valence-corrected chi connectivity index (χ1v) is 5.45. The summed E-state index contributed by atoms with van der Waals surface area (Å²) < 4.78 is 5.07. The van der Waals surface area contributed by atoms with Crippen molar-refractivity contribution in [1.29, 1.82) is 0 Å². The molecule has 0 spiro atoms. The number of methoxy groups -OCH3 is 1. The lowest BCUT2D eigenvalue weighted by atomic mass is 9.82. The molecular formula is C12H20O2. The lowest BCUT2D eigenvalue weighted by Gasteiger charge is -2.24. The van der Waals surface area contributed by atoms with Crippen molar-refractivity contribution in [2.75, 3.05) is 7.11 Å². The van der Waals surface area contributed by atoms with Crippen LogP contribution in [-0.2, 0) is 9.53 Å². The van der Waals surface area contributed by atoms with E-state index in [-0.39, 0.29) is 0 Å². The summed E-state index contributed by atoms with van der Waals surface area (Å²) in [5, 5.41) is 0. The smallest absolute Gasteiger partial charge is 0.129 e. The highest BCUT2D eigenvalue weighted by Gasteiger charge is 2.19. The van der Waals surface area contributed by atoms with Gasteiger partial charge in [0, 0.05) is 6.42 Å². The Morgan fingerprint density at radius 3 is 3.00 bits per heavy atom. The fourth-order valence-electron chi connectivity index (χ4n) is 2.12. The Morgan fingerprint density at radius 1 is 1.57 bits per heavy atom. The molecule has 1 atom stereocenters. The zero-order valence-electron chi connectivity index (χ0n) is 9.21. The van der Waals surface area contributed by atoms with Crippen LogP contribution >= 0.6 is 0 Å². The summed E-state index contributed by atoms with van der Waals surface area (Å²) >= 11 is 0. The average Bonchev–Trinajstić information content (AvgIpc) is 2.17. The Hall–Kier alpha value is -0.790. The molecule has 0 radical (unpaired) electrons. The zero-order chi connectivity index (χ0) is 10.4. The molecule has 0 saturated heterocycles. The van der Waals surface area contributed by atoms with Crippen LogP contribution in [0.1, 0.15) is 45.4 Å². The maximum atomic E-state index is 10.9. The number of carbonyl (C=O) groups is 1. The number of hydrogen-bond acceptors (Lipinski definition) is 2. The maximum Gasteiger partial charge on any atom is 0.129 e. The van der Waals surface area contributed by atoms with Gasteiger partial charge in [-0.15, -0.1) is 0 Å². The summed E-state index contributed by atoms with van der Waals surface area (Å²) in [4.78, 5) is 10.9. The van der Waals surface area contributed by atoms with Crippen molar-refractivity contribution in [2.24, 2.45) is 5.92 Å². The van der Waals surface area contributed by atoms with E-state index >= 15 is 0 Å². The van der Waals surface area contributed by atoms with Crippen molar-refractivity contribution in [3.63, 3.8) is 0 Å². The Balaban J connectivity index is 2.46. The van der Waals surface area contributed by atoms with E-state index in [0.29, 0.717) is 18.1 Å². The molecule has 0 aromatic carbocycles. The quantitative estimate of drug-likeness (QED) is 0.646. The van der Waals surface area contributed by atoms with Crippen LogP contribution in [0.15, 0.2) is 11.8 Å². The van der Waals surface area contributed by atoms with Gasteiger partial charge in [-0.3, -0.25) is 0 Å². The summed E-state index contributed by atoms with van der Waals surface area (Å²) in [6.45, 7) is 1.67. The van der Waals surface area contributed by atoms with Crippen molar-refractivity contribution in [3.05, 3.63) is 11.8 Å². The summed E-state index contributed by atoms with van der Waals surface area (Å²) in [6, 6.07) is 0. The molecule has 2 nitrogen and oxygen atoms in total. The lowest BCUT2D eigenvalue weighted by Crippen LogP contribution is -2.11. The van der Waals surface area contributed by atoms with Crippen LogP contribution < -0.4 is 0 Å². The number of ether oxygens (including phenoxy) is 1. The van der Waals surface area contributed by atoms with E-state index in [1.807, 2.05) is 6.26 Å². The van der Waals surface area contributed by atoms with E-state index < -0.39 is 0 Å². The normalized spacial score (nSPS) is 25.0. The zero-order valence-corrected chi connectivity index (χ0v) is 9.21. The first kappa shape index (κ1) is 11.3. The van der Waals surface area contributed by atoms with E-state index in [1.165, 1.54) is 24.8 Å². The van der Waals surface area contributed by atoms with E-state index in [0.717, 1.165) is 12.8 Å². The van der Waals surface area contributed by atoms with Crippen LogP contribution in [-0.4, -0.2) is 12.9 Å². The molecule has 1 fully saturated rings. The molecule has 1 rings (SSSR count). The van der Waals surface area contributed by atoms with Gasteiger partial charge >= 0.3 is 0 Å². The van der Waals surface area contributed by atoms with Gasteiger partial charge in [0.25, 0.3) is 0 Å². The first-order chi connectivity index (χ1) is 6.74. The molecule has 1 aliphatic carbocycles. The Kier molecular flexibility index (Phi) is 4.71. The largest absolute Gasteiger partial charge is 0.504 e. The average molecular weight is 196 g/mol. The van der Waals surface area contributed by atoms with E-state index in [9.17, 15) is 4.79 Å². The minimum Gasteiger partial charge on any atom is -0.504 e. The van der Waals surface area contributed by atoms with Crippen molar-refractivity contribution in [3.8, 4) is 0 Å². The fraction of sp³-hybridized carbons (Fsp3) is 0.750. The van der Waals surface area contributed by atoms with Gasteiger partial charge in [0.2, 0.25) is 0 Å². The highest BCUT2D eigenvalue weighted by Crippen LogP contribution is 2.32. The maximum absolute atomic E-state index is 10.9. The van der Waals surface area contributed by atoms with Crippen molar-refractivity contribution in [2.45, 2.75) is 45.4 Å². The molecular weight excluding hydrogens is 176 g/mol. The number of ketones is 1. The van der Waals surface area contributed by atoms with E-state index in [1.54, 1.807) is 14.0 Å². The van der Waals surface area contributed by atoms with Crippen LogP contribution in [0.25, 0.3) is 0 Å². The molecule has 0 N–H and O–H groups in total. The number of carbonyl (C=O) groups excluding carboxylic acids is 1. The topological polar surface area (TPSA) is 26.3 Å². The second kappa shape index (κ2) is 5.84. The predicted octanol–water partition coefficient (Wildman–Crippen LogP) is 3.08. The highest BCUT2D eigenvalue weighted by atomic mass is 16.5. The van der Waals surface area contributed by atoms with Crippen LogP contribution in [0.5, 0.6) is 0 Å². The molecule has 0 aliphatic heterocycles. The third-order valence-electron chi connectivity index (χ3n) is 2.91. The van der Waals surface area contributed by atoms with Crippen LogP contribution in [0, 0.1) is 5.92 Å². The van der Waals surface area contributed by atoms with Crippen LogP contribution in [0.4, 0.5) is 0 Å². The van der Waals surface area contributed by atoms with E-state index in [4.69, 9.17) is 4.74 Å². The van der Waals surface area contributed by atoms with Gasteiger partial charge in [0.05, 0.1) is 13.4 Å². The molecule has 0 bridgehead atoms. The monoisotopic (exact) mass is 196 g/mol. The first-order valence-electron chi connectivity index (χ1n) is 5.45. The molecule has 0 aromatic rings. The van der Waals surface area contributed by atoms with Gasteiger partial charge in [0.15, 0.2) is 0 Å². The second-order valence-electron chi connectivity index (χ2n) is 4.11. The number of rotatable bonds is 4. The summed E-state index contributed by atoms with van der Waals surface area (Å²) in [5.41, 5.74) is 1.40. The molecule has 14 heavy (non-hydrogen) atoms. The molecule has 1 aliphatic rings. The van der Waals surface area contributed by atoms with Gasteiger partial charge in [-0.2, -0.15) is 0 Å². The lowest BCUT2D eigenvalue weighted by molar-refractivity contribution is -0.117. The summed E-state index contributed by atoms with van der Waals surface area (Å²) in [5.74, 6) is 0.889.